The Hall–Kier alpha value is -2.41. The SMILES string of the molecule is Cc1oc(C)c(C(=O)O[C@@H](C)c2nc3sc(C)c(C)c3c(=O)[nH]2)c1C. The Bertz CT molecular complexity index is 1040. The lowest BCUT2D eigenvalue weighted by atomic mass is 10.1. The Morgan fingerprint density at radius 2 is 1.84 bits per heavy atom. The number of carbonyl (C=O) groups excluding carboxylic acids is 1. The molecule has 0 saturated heterocycles. The number of carbonyl (C=O) groups is 1. The Labute approximate surface area is 148 Å². The number of hydrogen-bond acceptors (Lipinski definition) is 6. The second-order valence-electron chi connectivity index (χ2n) is 6.18. The number of aromatic nitrogens is 2. The van der Waals surface area contributed by atoms with Gasteiger partial charge in [-0.25, -0.2) is 9.78 Å². The molecule has 3 aromatic heterocycles. The number of hydrogen-bond donors (Lipinski definition) is 1. The molecule has 0 amide bonds. The molecule has 0 aliphatic heterocycles. The third-order valence-corrected chi connectivity index (χ3v) is 5.59. The summed E-state index contributed by atoms with van der Waals surface area (Å²) in [6.45, 7) is 10.9. The molecule has 0 saturated carbocycles. The first kappa shape index (κ1) is 17.4. The molecular formula is C18H20N2O4S. The number of aromatic amines is 1. The van der Waals surface area contributed by atoms with E-state index in [0.717, 1.165) is 16.0 Å². The number of thiophene rings is 1. The van der Waals surface area contributed by atoms with Crippen LogP contribution in [0, 0.1) is 34.6 Å². The van der Waals surface area contributed by atoms with Crippen molar-refractivity contribution < 1.29 is 13.9 Å². The fourth-order valence-electron chi connectivity index (χ4n) is 2.83. The molecule has 0 fully saturated rings. The molecule has 0 aliphatic carbocycles. The van der Waals surface area contributed by atoms with Crippen LogP contribution in [0.3, 0.4) is 0 Å². The second-order valence-corrected chi connectivity index (χ2v) is 7.38. The van der Waals surface area contributed by atoms with E-state index in [4.69, 9.17) is 9.15 Å². The lowest BCUT2D eigenvalue weighted by Crippen LogP contribution is -2.17. The predicted octanol–water partition coefficient (Wildman–Crippen LogP) is 4.04. The van der Waals surface area contributed by atoms with Crippen LogP contribution in [0.2, 0.25) is 0 Å². The van der Waals surface area contributed by atoms with Crippen LogP contribution in [-0.4, -0.2) is 15.9 Å². The summed E-state index contributed by atoms with van der Waals surface area (Å²) >= 11 is 1.46. The van der Waals surface area contributed by atoms with Gasteiger partial charge in [0.05, 0.1) is 5.39 Å². The Morgan fingerprint density at radius 1 is 1.16 bits per heavy atom. The van der Waals surface area contributed by atoms with Gasteiger partial charge in [-0.1, -0.05) is 0 Å². The van der Waals surface area contributed by atoms with Crippen molar-refractivity contribution in [3.63, 3.8) is 0 Å². The molecule has 0 radical (unpaired) electrons. The molecule has 0 unspecified atom stereocenters. The summed E-state index contributed by atoms with van der Waals surface area (Å²) in [4.78, 5) is 33.8. The molecule has 1 N–H and O–H groups in total. The van der Waals surface area contributed by atoms with Gasteiger partial charge in [0.2, 0.25) is 0 Å². The molecular weight excluding hydrogens is 340 g/mol. The van der Waals surface area contributed by atoms with Crippen LogP contribution >= 0.6 is 11.3 Å². The largest absolute Gasteiger partial charge is 0.465 e. The van der Waals surface area contributed by atoms with Crippen molar-refractivity contribution in [2.45, 2.75) is 47.6 Å². The lowest BCUT2D eigenvalue weighted by molar-refractivity contribution is 0.0317. The minimum Gasteiger partial charge on any atom is -0.465 e. The van der Waals surface area contributed by atoms with Crippen LogP contribution < -0.4 is 5.56 Å². The molecule has 3 rings (SSSR count). The van der Waals surface area contributed by atoms with E-state index in [2.05, 4.69) is 9.97 Å². The quantitative estimate of drug-likeness (QED) is 0.713. The molecule has 25 heavy (non-hydrogen) atoms. The summed E-state index contributed by atoms with van der Waals surface area (Å²) in [7, 11) is 0. The average Bonchev–Trinajstić information content (AvgIpc) is 2.95. The highest BCUT2D eigenvalue weighted by Crippen LogP contribution is 2.28. The van der Waals surface area contributed by atoms with Gasteiger partial charge in [0.15, 0.2) is 11.9 Å². The van der Waals surface area contributed by atoms with Crippen molar-refractivity contribution in [3.05, 3.63) is 49.3 Å². The van der Waals surface area contributed by atoms with Gasteiger partial charge >= 0.3 is 5.97 Å². The minimum absolute atomic E-state index is 0.212. The highest BCUT2D eigenvalue weighted by atomic mass is 32.1. The number of aryl methyl sites for hydroxylation is 4. The van der Waals surface area contributed by atoms with E-state index in [9.17, 15) is 9.59 Å². The van der Waals surface area contributed by atoms with Crippen molar-refractivity contribution in [2.24, 2.45) is 0 Å². The zero-order chi connectivity index (χ0) is 18.5. The third kappa shape index (κ3) is 2.89. The van der Waals surface area contributed by atoms with Gasteiger partial charge in [-0.2, -0.15) is 0 Å². The van der Waals surface area contributed by atoms with Gasteiger partial charge in [-0.15, -0.1) is 11.3 Å². The van der Waals surface area contributed by atoms with Crippen LogP contribution in [0.15, 0.2) is 9.21 Å². The van der Waals surface area contributed by atoms with Crippen molar-refractivity contribution in [1.29, 1.82) is 0 Å². The molecule has 0 aromatic carbocycles. The van der Waals surface area contributed by atoms with Gasteiger partial charge in [0.1, 0.15) is 21.9 Å². The molecule has 132 valence electrons. The maximum absolute atomic E-state index is 12.5. The molecule has 7 heteroatoms. The van der Waals surface area contributed by atoms with Gasteiger partial charge < -0.3 is 14.1 Å². The Kier molecular flexibility index (Phi) is 4.28. The number of nitrogens with one attached hydrogen (secondary N) is 1. The highest BCUT2D eigenvalue weighted by molar-refractivity contribution is 7.18. The average molecular weight is 360 g/mol. The zero-order valence-corrected chi connectivity index (χ0v) is 15.9. The van der Waals surface area contributed by atoms with E-state index in [1.54, 1.807) is 20.8 Å². The van der Waals surface area contributed by atoms with E-state index < -0.39 is 12.1 Å². The van der Waals surface area contributed by atoms with Gasteiger partial charge in [-0.3, -0.25) is 4.79 Å². The van der Waals surface area contributed by atoms with E-state index in [1.165, 1.54) is 11.3 Å². The number of H-pyrrole nitrogens is 1. The topological polar surface area (TPSA) is 85.2 Å². The monoisotopic (exact) mass is 360 g/mol. The summed E-state index contributed by atoms with van der Waals surface area (Å²) in [5.41, 5.74) is 1.91. The number of furan rings is 1. The molecule has 3 heterocycles. The molecule has 1 atom stereocenters. The number of fused-ring (bicyclic) bond motifs is 1. The molecule has 0 spiro atoms. The fourth-order valence-corrected chi connectivity index (χ4v) is 3.87. The molecule has 0 bridgehead atoms. The van der Waals surface area contributed by atoms with Gasteiger partial charge in [0, 0.05) is 10.4 Å². The Balaban J connectivity index is 1.93. The zero-order valence-electron chi connectivity index (χ0n) is 15.1. The van der Waals surface area contributed by atoms with Crippen LogP contribution in [0.1, 0.15) is 56.7 Å². The van der Waals surface area contributed by atoms with Crippen molar-refractivity contribution in [1.82, 2.24) is 9.97 Å². The second kappa shape index (κ2) is 6.15. The first-order chi connectivity index (χ1) is 11.7. The number of nitrogens with zero attached hydrogens (tertiary/aromatic N) is 1. The van der Waals surface area contributed by atoms with Gasteiger partial charge in [0.25, 0.3) is 5.56 Å². The molecule has 0 aliphatic rings. The maximum Gasteiger partial charge on any atom is 0.342 e. The van der Waals surface area contributed by atoms with E-state index >= 15 is 0 Å². The summed E-state index contributed by atoms with van der Waals surface area (Å²) in [6, 6.07) is 0. The van der Waals surface area contributed by atoms with Crippen molar-refractivity contribution >= 4 is 27.5 Å². The molecule has 3 aromatic rings. The summed E-state index contributed by atoms with van der Waals surface area (Å²) in [6.07, 6.45) is -0.679. The lowest BCUT2D eigenvalue weighted by Gasteiger charge is -2.12. The first-order valence-electron chi connectivity index (χ1n) is 7.98. The van der Waals surface area contributed by atoms with Crippen LogP contribution in [0.25, 0.3) is 10.2 Å². The van der Waals surface area contributed by atoms with Crippen LogP contribution in [-0.2, 0) is 4.74 Å². The minimum atomic E-state index is -0.679. The standard InChI is InChI=1S/C18H20N2O4S/c1-7-9(3)23-10(4)13(7)18(22)24-11(5)15-19-16(21)14-8(2)12(6)25-17(14)20-15/h11H,1-6H3,(H,19,20,21)/t11-/m0/s1. The van der Waals surface area contributed by atoms with Gasteiger partial charge in [-0.05, 0) is 47.1 Å². The fraction of sp³-hybridized carbons (Fsp3) is 0.389. The predicted molar refractivity (Wildman–Crippen MR) is 96.5 cm³/mol. The number of ether oxygens (including phenoxy) is 1. The number of rotatable bonds is 3. The van der Waals surface area contributed by atoms with E-state index in [-0.39, 0.29) is 5.56 Å². The normalized spacial score (nSPS) is 12.6. The summed E-state index contributed by atoms with van der Waals surface area (Å²) < 4.78 is 11.0. The molecule has 6 nitrogen and oxygen atoms in total. The summed E-state index contributed by atoms with van der Waals surface area (Å²) in [5, 5.41) is 0.599. The summed E-state index contributed by atoms with van der Waals surface area (Å²) in [5.74, 6) is 1.06. The number of esters is 1. The van der Waals surface area contributed by atoms with Crippen LogP contribution in [0.4, 0.5) is 0 Å². The van der Waals surface area contributed by atoms with Crippen LogP contribution in [0.5, 0.6) is 0 Å². The third-order valence-electron chi connectivity index (χ3n) is 4.49. The Morgan fingerprint density at radius 3 is 2.44 bits per heavy atom. The highest BCUT2D eigenvalue weighted by Gasteiger charge is 2.24. The first-order valence-corrected chi connectivity index (χ1v) is 8.79. The van der Waals surface area contributed by atoms with Crippen molar-refractivity contribution in [2.75, 3.05) is 0 Å². The van der Waals surface area contributed by atoms with E-state index in [0.29, 0.717) is 33.1 Å². The van der Waals surface area contributed by atoms with E-state index in [1.807, 2.05) is 20.8 Å². The maximum atomic E-state index is 12.5. The smallest absolute Gasteiger partial charge is 0.342 e. The van der Waals surface area contributed by atoms with Crippen molar-refractivity contribution in [3.8, 4) is 0 Å².